The molecule has 0 saturated carbocycles. The van der Waals surface area contributed by atoms with Crippen LogP contribution in [-0.4, -0.2) is 19.1 Å². The predicted octanol–water partition coefficient (Wildman–Crippen LogP) is 14.7. The van der Waals surface area contributed by atoms with Gasteiger partial charge in [-0.2, -0.15) is 0 Å². The predicted molar refractivity (Wildman–Crippen MR) is 250 cm³/mol. The van der Waals surface area contributed by atoms with Crippen LogP contribution >= 0.6 is 22.7 Å². The third-order valence-electron chi connectivity index (χ3n) is 12.6. The molecule has 4 nitrogen and oxygen atoms in total. The number of hydrogen-bond donors (Lipinski definition) is 0. The molecule has 0 unspecified atom stereocenters. The molecule has 278 valence electrons. The largest absolute Gasteiger partial charge is 0.309 e. The van der Waals surface area contributed by atoms with Crippen molar-refractivity contribution in [2.45, 2.75) is 19.3 Å². The first kappa shape index (κ1) is 33.1. The highest BCUT2D eigenvalue weighted by atomic mass is 32.1. The molecule has 0 fully saturated rings. The molecule has 4 heterocycles. The van der Waals surface area contributed by atoms with E-state index < -0.39 is 0 Å². The van der Waals surface area contributed by atoms with E-state index in [1.165, 1.54) is 86.6 Å². The van der Waals surface area contributed by atoms with Crippen molar-refractivity contribution in [1.29, 1.82) is 0 Å². The number of nitrogens with zero attached hydrogens (tertiary/aromatic N) is 4. The van der Waals surface area contributed by atoms with Gasteiger partial charge in [-0.25, -0.2) is 9.97 Å². The van der Waals surface area contributed by atoms with Crippen LogP contribution in [0.25, 0.3) is 108 Å². The van der Waals surface area contributed by atoms with E-state index in [0.717, 1.165) is 32.2 Å². The molecule has 4 aromatic heterocycles. The van der Waals surface area contributed by atoms with Gasteiger partial charge >= 0.3 is 0 Å². The van der Waals surface area contributed by atoms with Gasteiger partial charge in [-0.05, 0) is 119 Å². The van der Waals surface area contributed by atoms with Gasteiger partial charge in [-0.1, -0.05) is 86.6 Å². The Morgan fingerprint density at radius 1 is 0.407 bits per heavy atom. The number of thiazole rings is 2. The highest BCUT2D eigenvalue weighted by Crippen LogP contribution is 2.51. The Labute approximate surface area is 347 Å². The minimum absolute atomic E-state index is 0.214. The summed E-state index contributed by atoms with van der Waals surface area (Å²) < 4.78 is 7.31. The van der Waals surface area contributed by atoms with Gasteiger partial charge in [0.25, 0.3) is 0 Å². The number of fused-ring (bicyclic) bond motifs is 11. The summed E-state index contributed by atoms with van der Waals surface area (Å²) in [6, 6.07) is 62.3. The third-order valence-corrected chi connectivity index (χ3v) is 14.8. The van der Waals surface area contributed by atoms with E-state index in [-0.39, 0.29) is 5.41 Å². The zero-order valence-electron chi connectivity index (χ0n) is 32.3. The minimum Gasteiger partial charge on any atom is -0.309 e. The Kier molecular flexibility index (Phi) is 6.79. The summed E-state index contributed by atoms with van der Waals surface area (Å²) in [4.78, 5) is 9.98. The number of benzene rings is 8. The lowest BCUT2D eigenvalue weighted by Crippen LogP contribution is -2.16. The van der Waals surface area contributed by atoms with E-state index in [2.05, 4.69) is 193 Å². The first-order chi connectivity index (χ1) is 29.0. The van der Waals surface area contributed by atoms with Crippen molar-refractivity contribution in [3.05, 3.63) is 181 Å². The summed E-state index contributed by atoms with van der Waals surface area (Å²) in [6.45, 7) is 4.77. The zero-order valence-corrected chi connectivity index (χ0v) is 33.9. The van der Waals surface area contributed by atoms with E-state index in [0.29, 0.717) is 0 Å². The van der Waals surface area contributed by atoms with Crippen molar-refractivity contribution in [2.75, 3.05) is 0 Å². The van der Waals surface area contributed by atoms with E-state index >= 15 is 0 Å². The fourth-order valence-electron chi connectivity index (χ4n) is 9.75. The maximum atomic E-state index is 4.99. The third kappa shape index (κ3) is 4.76. The molecule has 0 amide bonds. The Balaban J connectivity index is 0.922. The maximum absolute atomic E-state index is 4.99. The van der Waals surface area contributed by atoms with Crippen molar-refractivity contribution < 1.29 is 0 Å². The Morgan fingerprint density at radius 2 is 0.831 bits per heavy atom. The molecule has 6 heteroatoms. The van der Waals surface area contributed by atoms with E-state index in [9.17, 15) is 0 Å². The van der Waals surface area contributed by atoms with Gasteiger partial charge in [0.05, 0.1) is 42.5 Å². The monoisotopic (exact) mass is 790 g/mol. The average Bonchev–Trinajstić information content (AvgIpc) is 4.09. The van der Waals surface area contributed by atoms with Crippen LogP contribution in [0.3, 0.4) is 0 Å². The molecule has 1 aliphatic rings. The smallest absolute Gasteiger partial charge is 0.124 e. The fraction of sp³-hybridized carbons (Fsp3) is 0.0566. The van der Waals surface area contributed by atoms with Gasteiger partial charge in [0.1, 0.15) is 10.0 Å². The van der Waals surface area contributed by atoms with Crippen LogP contribution in [0.1, 0.15) is 25.0 Å². The second-order valence-electron chi connectivity index (χ2n) is 16.2. The topological polar surface area (TPSA) is 35.6 Å². The van der Waals surface area contributed by atoms with Crippen LogP contribution in [0.15, 0.2) is 170 Å². The quantitative estimate of drug-likeness (QED) is 0.178. The SMILES string of the molecule is CC1(C)c2cc(-n3c4ccccc4c4cc(-c5nc6ccccc6s5)ccc43)ccc2-c2ccc(-n3c4ccccc4c4cc(-c5nc6ccccc6s5)ccc43)cc21. The number of aromatic nitrogens is 4. The summed E-state index contributed by atoms with van der Waals surface area (Å²) >= 11 is 3.51. The van der Waals surface area contributed by atoms with Crippen LogP contribution < -0.4 is 0 Å². The number of hydrogen-bond acceptors (Lipinski definition) is 4. The zero-order chi connectivity index (χ0) is 39.0. The van der Waals surface area contributed by atoms with Crippen LogP contribution in [0, 0.1) is 0 Å². The molecule has 59 heavy (non-hydrogen) atoms. The molecular weight excluding hydrogens is 757 g/mol. The van der Waals surface area contributed by atoms with Crippen molar-refractivity contribution in [3.63, 3.8) is 0 Å². The van der Waals surface area contributed by atoms with Crippen molar-refractivity contribution in [2.24, 2.45) is 0 Å². The first-order valence-electron chi connectivity index (χ1n) is 20.1. The molecule has 0 bridgehead atoms. The molecular formula is C53H34N4S2. The number of para-hydroxylation sites is 4. The Morgan fingerprint density at radius 3 is 1.31 bits per heavy atom. The molecule has 12 aromatic rings. The van der Waals surface area contributed by atoms with E-state index in [1.807, 2.05) is 0 Å². The van der Waals surface area contributed by atoms with Crippen molar-refractivity contribution in [3.8, 4) is 43.6 Å². The minimum atomic E-state index is -0.214. The summed E-state index contributed by atoms with van der Waals surface area (Å²) in [5.74, 6) is 0. The summed E-state index contributed by atoms with van der Waals surface area (Å²) in [6.07, 6.45) is 0. The molecule has 0 radical (unpaired) electrons. The molecule has 0 aliphatic heterocycles. The second-order valence-corrected chi connectivity index (χ2v) is 18.3. The molecule has 1 aliphatic carbocycles. The Hall–Kier alpha value is -6.86. The van der Waals surface area contributed by atoms with Crippen LogP contribution in [-0.2, 0) is 5.41 Å². The number of rotatable bonds is 4. The highest BCUT2D eigenvalue weighted by molar-refractivity contribution is 7.22. The Bertz CT molecular complexity index is 3420. The maximum Gasteiger partial charge on any atom is 0.124 e. The molecule has 0 atom stereocenters. The molecule has 0 spiro atoms. The average molecular weight is 791 g/mol. The molecule has 0 N–H and O–H groups in total. The van der Waals surface area contributed by atoms with Gasteiger partial charge in [0.15, 0.2) is 0 Å². The van der Waals surface area contributed by atoms with E-state index in [1.54, 1.807) is 22.7 Å². The lowest BCUT2D eigenvalue weighted by Gasteiger charge is -2.23. The molecule has 8 aromatic carbocycles. The van der Waals surface area contributed by atoms with Gasteiger partial charge < -0.3 is 9.13 Å². The normalized spacial score (nSPS) is 13.4. The summed E-state index contributed by atoms with van der Waals surface area (Å²) in [5, 5.41) is 7.08. The summed E-state index contributed by atoms with van der Waals surface area (Å²) in [5.41, 5.74) is 16.7. The van der Waals surface area contributed by atoms with Gasteiger partial charge in [0, 0.05) is 49.5 Å². The first-order valence-corrected chi connectivity index (χ1v) is 21.7. The molecule has 0 saturated heterocycles. The second kappa shape index (κ2) is 12.1. The van der Waals surface area contributed by atoms with Crippen molar-refractivity contribution in [1.82, 2.24) is 19.1 Å². The fourth-order valence-corrected chi connectivity index (χ4v) is 11.7. The lowest BCUT2D eigenvalue weighted by molar-refractivity contribution is 0.659. The van der Waals surface area contributed by atoms with E-state index in [4.69, 9.17) is 9.97 Å². The standard InChI is InChI=1S/C53H34N4S2/c1-53(2)41-29-33(56-45-15-7-3-11-37(45)39-27-31(19-25-47(39)56)51-54-43-13-5-9-17-49(43)58-51)21-23-35(41)36-24-22-34(30-42(36)53)57-46-16-8-4-12-38(46)40-28-32(20-26-48(40)57)52-55-44-14-6-10-18-50(44)59-52/h3-30H,1-2H3. The lowest BCUT2D eigenvalue weighted by atomic mass is 9.82. The van der Waals surface area contributed by atoms with Gasteiger partial charge in [-0.15, -0.1) is 22.7 Å². The van der Waals surface area contributed by atoms with Crippen LogP contribution in [0.2, 0.25) is 0 Å². The molecule has 13 rings (SSSR count). The van der Waals surface area contributed by atoms with Gasteiger partial charge in [0.2, 0.25) is 0 Å². The van der Waals surface area contributed by atoms with Gasteiger partial charge in [-0.3, -0.25) is 0 Å². The van der Waals surface area contributed by atoms with Crippen molar-refractivity contribution >= 4 is 86.7 Å². The highest BCUT2D eigenvalue weighted by Gasteiger charge is 2.36. The van der Waals surface area contributed by atoms with Crippen LogP contribution in [0.5, 0.6) is 0 Å². The van der Waals surface area contributed by atoms with Crippen LogP contribution in [0.4, 0.5) is 0 Å². The summed E-state index contributed by atoms with van der Waals surface area (Å²) in [7, 11) is 0.